The zero-order chi connectivity index (χ0) is 15.0. The average Bonchev–Trinajstić information content (AvgIpc) is 2.49. The minimum absolute atomic E-state index is 0.133. The number of hydrogen-bond donors (Lipinski definition) is 1. The van der Waals surface area contributed by atoms with Crippen molar-refractivity contribution in [1.29, 1.82) is 0 Å². The van der Waals surface area contributed by atoms with Crippen molar-refractivity contribution in [3.8, 4) is 0 Å². The number of nitrogens with one attached hydrogen (secondary N) is 1. The van der Waals surface area contributed by atoms with Gasteiger partial charge in [0.25, 0.3) is 5.91 Å². The predicted octanol–water partition coefficient (Wildman–Crippen LogP) is 2.56. The fourth-order valence-electron chi connectivity index (χ4n) is 2.50. The molecule has 0 spiro atoms. The van der Waals surface area contributed by atoms with Gasteiger partial charge in [0.2, 0.25) is 5.91 Å². The predicted molar refractivity (Wildman–Crippen MR) is 83.9 cm³/mol. The second-order valence-corrected chi connectivity index (χ2v) is 5.88. The van der Waals surface area contributed by atoms with Crippen LogP contribution in [0.15, 0.2) is 34.9 Å². The zero-order valence-corrected chi connectivity index (χ0v) is 13.1. The monoisotopic (exact) mass is 347 g/mol. The first-order valence-electron chi connectivity index (χ1n) is 6.68. The van der Waals surface area contributed by atoms with Gasteiger partial charge in [0.05, 0.1) is 0 Å². The van der Waals surface area contributed by atoms with Gasteiger partial charge in [-0.25, -0.2) is 4.98 Å². The molecular formula is C15H14BrN3O2. The van der Waals surface area contributed by atoms with Crippen molar-refractivity contribution >= 4 is 44.3 Å². The van der Waals surface area contributed by atoms with E-state index in [0.717, 1.165) is 15.2 Å². The topological polar surface area (TPSA) is 62.3 Å². The first-order valence-corrected chi connectivity index (χ1v) is 7.47. The van der Waals surface area contributed by atoms with Gasteiger partial charge >= 0.3 is 0 Å². The molecule has 1 unspecified atom stereocenters. The molecule has 2 heterocycles. The molecule has 0 aliphatic carbocycles. The second-order valence-electron chi connectivity index (χ2n) is 5.02. The van der Waals surface area contributed by atoms with Gasteiger partial charge < -0.3 is 5.32 Å². The minimum atomic E-state index is -0.412. The normalized spacial score (nSPS) is 19.1. The van der Waals surface area contributed by atoms with Crippen LogP contribution in [0.5, 0.6) is 0 Å². The number of imide groups is 1. The number of amides is 2. The Kier molecular flexibility index (Phi) is 3.63. The molecule has 108 valence electrons. The number of benzene rings is 1. The molecule has 1 atom stereocenters. The van der Waals surface area contributed by atoms with Crippen LogP contribution in [0, 0.1) is 0 Å². The maximum atomic E-state index is 12.1. The van der Waals surface area contributed by atoms with Gasteiger partial charge in [0.15, 0.2) is 0 Å². The van der Waals surface area contributed by atoms with E-state index in [-0.39, 0.29) is 11.8 Å². The molecule has 1 aromatic carbocycles. The number of likely N-dealkylation sites (N-methyl/N-ethyl adjacent to an activating group) is 1. The maximum absolute atomic E-state index is 12.1. The molecule has 6 heteroatoms. The summed E-state index contributed by atoms with van der Waals surface area (Å²) in [4.78, 5) is 29.2. The van der Waals surface area contributed by atoms with Crippen molar-refractivity contribution in [2.45, 2.75) is 18.9 Å². The molecule has 5 nitrogen and oxygen atoms in total. The summed E-state index contributed by atoms with van der Waals surface area (Å²) in [7, 11) is 1.52. The highest BCUT2D eigenvalue weighted by Gasteiger charge is 2.32. The smallest absolute Gasteiger partial charge is 0.251 e. The fourth-order valence-corrected chi connectivity index (χ4v) is 3.00. The van der Waals surface area contributed by atoms with Gasteiger partial charge in [-0.15, -0.1) is 0 Å². The number of anilines is 1. The van der Waals surface area contributed by atoms with Crippen LogP contribution in [0.3, 0.4) is 0 Å². The summed E-state index contributed by atoms with van der Waals surface area (Å²) in [5.41, 5.74) is 0. The van der Waals surface area contributed by atoms with Crippen molar-refractivity contribution < 1.29 is 9.59 Å². The third-order valence-electron chi connectivity index (χ3n) is 3.71. The lowest BCUT2D eigenvalue weighted by molar-refractivity contribution is -0.146. The Labute approximate surface area is 130 Å². The molecule has 1 aliphatic rings. The molecule has 1 saturated heterocycles. The number of likely N-dealkylation sites (tertiary alicyclic amines) is 1. The van der Waals surface area contributed by atoms with Crippen molar-refractivity contribution in [3.05, 3.63) is 34.9 Å². The third-order valence-corrected chi connectivity index (χ3v) is 4.40. The standard InChI is InChI=1S/C15H14BrN3O2/c1-19-13(20)6-5-12(15(19)21)18-14-10-3-2-4-11(16)9(10)7-8-17-14/h2-4,7-8,12H,5-6H2,1H3,(H,17,18). The van der Waals surface area contributed by atoms with Crippen LogP contribution in [0.25, 0.3) is 10.8 Å². The van der Waals surface area contributed by atoms with Gasteiger partial charge in [0, 0.05) is 34.9 Å². The van der Waals surface area contributed by atoms with Gasteiger partial charge in [-0.2, -0.15) is 0 Å². The lowest BCUT2D eigenvalue weighted by atomic mass is 10.0. The fraction of sp³-hybridized carbons (Fsp3) is 0.267. The SMILES string of the molecule is CN1C(=O)CCC(Nc2nccc3c(Br)cccc23)C1=O. The minimum Gasteiger partial charge on any atom is -0.358 e. The van der Waals surface area contributed by atoms with Crippen LogP contribution in [-0.2, 0) is 9.59 Å². The second kappa shape index (κ2) is 5.44. The molecule has 21 heavy (non-hydrogen) atoms. The summed E-state index contributed by atoms with van der Waals surface area (Å²) in [5, 5.41) is 5.15. The summed E-state index contributed by atoms with van der Waals surface area (Å²) in [6.45, 7) is 0. The molecule has 0 saturated carbocycles. The lowest BCUT2D eigenvalue weighted by Gasteiger charge is -2.28. The number of aromatic nitrogens is 1. The number of rotatable bonds is 2. The zero-order valence-electron chi connectivity index (χ0n) is 11.5. The number of nitrogens with zero attached hydrogens (tertiary/aromatic N) is 2. The summed E-state index contributed by atoms with van der Waals surface area (Å²) in [5.74, 6) is 0.321. The van der Waals surface area contributed by atoms with Crippen LogP contribution in [0.4, 0.5) is 5.82 Å². The van der Waals surface area contributed by atoms with E-state index < -0.39 is 6.04 Å². The van der Waals surface area contributed by atoms with Crippen molar-refractivity contribution in [2.75, 3.05) is 12.4 Å². The summed E-state index contributed by atoms with van der Waals surface area (Å²) in [6.07, 6.45) is 2.57. The van der Waals surface area contributed by atoms with E-state index in [4.69, 9.17) is 0 Å². The van der Waals surface area contributed by atoms with Gasteiger partial charge in [-0.3, -0.25) is 14.5 Å². The van der Waals surface area contributed by atoms with Crippen LogP contribution in [0.1, 0.15) is 12.8 Å². The number of fused-ring (bicyclic) bond motifs is 1. The van der Waals surface area contributed by atoms with E-state index >= 15 is 0 Å². The molecule has 1 aliphatic heterocycles. The molecule has 0 bridgehead atoms. The van der Waals surface area contributed by atoms with E-state index in [1.165, 1.54) is 11.9 Å². The largest absolute Gasteiger partial charge is 0.358 e. The number of carbonyl (C=O) groups is 2. The van der Waals surface area contributed by atoms with Gasteiger partial charge in [0.1, 0.15) is 11.9 Å². The molecule has 3 rings (SSSR count). The van der Waals surface area contributed by atoms with E-state index in [9.17, 15) is 9.59 Å². The molecule has 1 aromatic heterocycles. The van der Waals surface area contributed by atoms with Gasteiger partial charge in [-0.1, -0.05) is 28.1 Å². The molecule has 1 N–H and O–H groups in total. The van der Waals surface area contributed by atoms with Gasteiger partial charge in [-0.05, 0) is 18.6 Å². The van der Waals surface area contributed by atoms with E-state index in [2.05, 4.69) is 26.2 Å². The van der Waals surface area contributed by atoms with Crippen molar-refractivity contribution in [3.63, 3.8) is 0 Å². The van der Waals surface area contributed by atoms with E-state index in [0.29, 0.717) is 18.7 Å². The highest BCUT2D eigenvalue weighted by atomic mass is 79.9. The quantitative estimate of drug-likeness (QED) is 0.848. The first kappa shape index (κ1) is 14.0. The first-order chi connectivity index (χ1) is 10.1. The Morgan fingerprint density at radius 1 is 1.29 bits per heavy atom. The van der Waals surface area contributed by atoms with Crippen molar-refractivity contribution in [2.24, 2.45) is 0 Å². The van der Waals surface area contributed by atoms with E-state index in [1.54, 1.807) is 6.20 Å². The Morgan fingerprint density at radius 2 is 2.10 bits per heavy atom. The highest BCUT2D eigenvalue weighted by Crippen LogP contribution is 2.28. The summed E-state index contributed by atoms with van der Waals surface area (Å²) >= 11 is 3.51. The highest BCUT2D eigenvalue weighted by molar-refractivity contribution is 9.10. The number of carbonyl (C=O) groups excluding carboxylic acids is 2. The number of pyridine rings is 1. The number of piperidine rings is 1. The van der Waals surface area contributed by atoms with Crippen LogP contribution >= 0.6 is 15.9 Å². The Balaban J connectivity index is 1.94. The summed E-state index contributed by atoms with van der Waals surface area (Å²) < 4.78 is 0.979. The Morgan fingerprint density at radius 3 is 2.90 bits per heavy atom. The molecule has 2 aromatic rings. The van der Waals surface area contributed by atoms with E-state index in [1.807, 2.05) is 24.3 Å². The number of hydrogen-bond acceptors (Lipinski definition) is 4. The summed E-state index contributed by atoms with van der Waals surface area (Å²) in [6, 6.07) is 7.35. The van der Waals surface area contributed by atoms with Crippen LogP contribution in [-0.4, -0.2) is 34.8 Å². The van der Waals surface area contributed by atoms with Crippen LogP contribution < -0.4 is 5.32 Å². The molecule has 0 radical (unpaired) electrons. The van der Waals surface area contributed by atoms with Crippen LogP contribution in [0.2, 0.25) is 0 Å². The lowest BCUT2D eigenvalue weighted by Crippen LogP contribution is -2.48. The average molecular weight is 348 g/mol. The number of halogens is 1. The third kappa shape index (κ3) is 2.51. The Bertz CT molecular complexity index is 732. The molecule has 1 fully saturated rings. The Hall–Kier alpha value is -1.95. The molecular weight excluding hydrogens is 334 g/mol. The maximum Gasteiger partial charge on any atom is 0.251 e. The van der Waals surface area contributed by atoms with Crippen molar-refractivity contribution in [1.82, 2.24) is 9.88 Å². The molecule has 2 amide bonds.